The highest BCUT2D eigenvalue weighted by atomic mass is 15.2. The lowest BCUT2D eigenvalue weighted by Gasteiger charge is -2.38. The molecule has 1 rings (SSSR count). The SMILES string of the molecule is CCCCN(CC)C1CCN(CCN)CC1. The lowest BCUT2D eigenvalue weighted by atomic mass is 10.0. The topological polar surface area (TPSA) is 32.5 Å². The average Bonchev–Trinajstić information content (AvgIpc) is 2.32. The maximum absolute atomic E-state index is 5.59. The van der Waals surface area contributed by atoms with Crippen molar-refractivity contribution in [1.29, 1.82) is 0 Å². The molecule has 0 atom stereocenters. The minimum absolute atomic E-state index is 0.804. The first-order valence-electron chi connectivity index (χ1n) is 6.98. The fourth-order valence-corrected chi connectivity index (χ4v) is 2.65. The van der Waals surface area contributed by atoms with E-state index in [4.69, 9.17) is 5.73 Å². The summed E-state index contributed by atoms with van der Waals surface area (Å²) >= 11 is 0. The molecule has 1 aliphatic heterocycles. The Morgan fingerprint density at radius 1 is 1.25 bits per heavy atom. The molecule has 0 amide bonds. The molecule has 0 saturated carbocycles. The third kappa shape index (κ3) is 4.40. The van der Waals surface area contributed by atoms with Crippen molar-refractivity contribution in [2.24, 2.45) is 5.73 Å². The lowest BCUT2D eigenvalue weighted by Crippen LogP contribution is -2.46. The molecule has 2 N–H and O–H groups in total. The van der Waals surface area contributed by atoms with Crippen molar-refractivity contribution in [2.75, 3.05) is 39.3 Å². The highest BCUT2D eigenvalue weighted by molar-refractivity contribution is 4.79. The van der Waals surface area contributed by atoms with Gasteiger partial charge in [-0.2, -0.15) is 0 Å². The third-order valence-corrected chi connectivity index (χ3v) is 3.72. The Bertz CT molecular complexity index is 165. The minimum atomic E-state index is 0.804. The van der Waals surface area contributed by atoms with Crippen LogP contribution in [0.4, 0.5) is 0 Å². The van der Waals surface area contributed by atoms with Gasteiger partial charge in [-0.05, 0) is 45.4 Å². The zero-order chi connectivity index (χ0) is 11.8. The van der Waals surface area contributed by atoms with E-state index in [9.17, 15) is 0 Å². The molecule has 0 radical (unpaired) electrons. The normalized spacial score (nSPS) is 19.5. The van der Waals surface area contributed by atoms with E-state index in [0.717, 1.165) is 19.1 Å². The highest BCUT2D eigenvalue weighted by Crippen LogP contribution is 2.16. The minimum Gasteiger partial charge on any atom is -0.329 e. The molecule has 0 aromatic heterocycles. The van der Waals surface area contributed by atoms with Crippen molar-refractivity contribution >= 4 is 0 Å². The molecule has 0 unspecified atom stereocenters. The summed E-state index contributed by atoms with van der Waals surface area (Å²) in [4.78, 5) is 5.17. The van der Waals surface area contributed by atoms with Gasteiger partial charge in [-0.1, -0.05) is 20.3 Å². The van der Waals surface area contributed by atoms with Gasteiger partial charge in [0, 0.05) is 19.1 Å². The van der Waals surface area contributed by atoms with E-state index in [1.807, 2.05) is 0 Å². The van der Waals surface area contributed by atoms with E-state index in [1.165, 1.54) is 51.9 Å². The summed E-state index contributed by atoms with van der Waals surface area (Å²) in [6.45, 7) is 11.4. The number of hydrogen-bond acceptors (Lipinski definition) is 3. The Labute approximate surface area is 101 Å². The predicted octanol–water partition coefficient (Wildman–Crippen LogP) is 1.53. The zero-order valence-corrected chi connectivity index (χ0v) is 11.1. The second-order valence-electron chi connectivity index (χ2n) is 4.84. The Morgan fingerprint density at radius 3 is 2.44 bits per heavy atom. The number of rotatable bonds is 7. The molecule has 1 heterocycles. The van der Waals surface area contributed by atoms with Gasteiger partial charge in [0.2, 0.25) is 0 Å². The van der Waals surface area contributed by atoms with Crippen LogP contribution in [-0.4, -0.2) is 55.1 Å². The molecule has 3 nitrogen and oxygen atoms in total. The van der Waals surface area contributed by atoms with E-state index in [1.54, 1.807) is 0 Å². The fraction of sp³-hybridized carbons (Fsp3) is 1.00. The Morgan fingerprint density at radius 2 is 1.94 bits per heavy atom. The van der Waals surface area contributed by atoms with Crippen LogP contribution in [0.2, 0.25) is 0 Å². The summed E-state index contributed by atoms with van der Waals surface area (Å²) in [5.41, 5.74) is 5.59. The number of hydrogen-bond donors (Lipinski definition) is 1. The highest BCUT2D eigenvalue weighted by Gasteiger charge is 2.22. The van der Waals surface area contributed by atoms with Crippen LogP contribution in [-0.2, 0) is 0 Å². The molecule has 0 bridgehead atoms. The van der Waals surface area contributed by atoms with Crippen molar-refractivity contribution in [3.8, 4) is 0 Å². The second kappa shape index (κ2) is 8.04. The molecule has 0 aliphatic carbocycles. The maximum atomic E-state index is 5.59. The number of nitrogens with two attached hydrogens (primary N) is 1. The molecule has 3 heteroatoms. The fourth-order valence-electron chi connectivity index (χ4n) is 2.65. The van der Waals surface area contributed by atoms with E-state index in [2.05, 4.69) is 23.6 Å². The summed E-state index contributed by atoms with van der Waals surface area (Å²) in [5.74, 6) is 0. The molecule has 1 saturated heterocycles. The first-order valence-corrected chi connectivity index (χ1v) is 6.98. The first kappa shape index (κ1) is 13.9. The molecular weight excluding hydrogens is 198 g/mol. The molecular formula is C13H29N3. The number of nitrogens with zero attached hydrogens (tertiary/aromatic N) is 2. The van der Waals surface area contributed by atoms with Gasteiger partial charge >= 0.3 is 0 Å². The summed E-state index contributed by atoms with van der Waals surface area (Å²) < 4.78 is 0. The van der Waals surface area contributed by atoms with Crippen molar-refractivity contribution in [3.05, 3.63) is 0 Å². The Hall–Kier alpha value is -0.120. The van der Waals surface area contributed by atoms with E-state index >= 15 is 0 Å². The smallest absolute Gasteiger partial charge is 0.0119 e. The third-order valence-electron chi connectivity index (χ3n) is 3.72. The Kier molecular flexibility index (Phi) is 7.01. The van der Waals surface area contributed by atoms with E-state index in [-0.39, 0.29) is 0 Å². The second-order valence-corrected chi connectivity index (χ2v) is 4.84. The van der Waals surface area contributed by atoms with Gasteiger partial charge in [-0.25, -0.2) is 0 Å². The van der Waals surface area contributed by atoms with Crippen molar-refractivity contribution in [2.45, 2.75) is 45.6 Å². The summed E-state index contributed by atoms with van der Waals surface area (Å²) in [7, 11) is 0. The van der Waals surface area contributed by atoms with Crippen molar-refractivity contribution < 1.29 is 0 Å². The average molecular weight is 227 g/mol. The van der Waals surface area contributed by atoms with E-state index < -0.39 is 0 Å². The predicted molar refractivity (Wildman–Crippen MR) is 70.7 cm³/mol. The lowest BCUT2D eigenvalue weighted by molar-refractivity contribution is 0.113. The number of likely N-dealkylation sites (tertiary alicyclic amines) is 1. The van der Waals surface area contributed by atoms with Gasteiger partial charge in [0.1, 0.15) is 0 Å². The van der Waals surface area contributed by atoms with Gasteiger partial charge < -0.3 is 15.5 Å². The van der Waals surface area contributed by atoms with Crippen LogP contribution < -0.4 is 5.73 Å². The number of unbranched alkanes of at least 4 members (excludes halogenated alkanes) is 1. The summed E-state index contributed by atoms with van der Waals surface area (Å²) in [6, 6.07) is 0.825. The van der Waals surface area contributed by atoms with Crippen LogP contribution >= 0.6 is 0 Å². The zero-order valence-electron chi connectivity index (χ0n) is 11.1. The van der Waals surface area contributed by atoms with Crippen molar-refractivity contribution in [1.82, 2.24) is 9.80 Å². The molecule has 96 valence electrons. The quantitative estimate of drug-likeness (QED) is 0.716. The summed E-state index contributed by atoms with van der Waals surface area (Å²) in [5, 5.41) is 0. The van der Waals surface area contributed by atoms with Gasteiger partial charge in [-0.15, -0.1) is 0 Å². The molecule has 1 aliphatic rings. The van der Waals surface area contributed by atoms with Crippen LogP contribution in [0.3, 0.4) is 0 Å². The first-order chi connectivity index (χ1) is 7.81. The van der Waals surface area contributed by atoms with Crippen LogP contribution in [0.25, 0.3) is 0 Å². The maximum Gasteiger partial charge on any atom is 0.0119 e. The van der Waals surface area contributed by atoms with Gasteiger partial charge in [-0.3, -0.25) is 0 Å². The van der Waals surface area contributed by atoms with Crippen molar-refractivity contribution in [3.63, 3.8) is 0 Å². The van der Waals surface area contributed by atoms with E-state index in [0.29, 0.717) is 0 Å². The summed E-state index contributed by atoms with van der Waals surface area (Å²) in [6.07, 6.45) is 5.31. The van der Waals surface area contributed by atoms with Crippen LogP contribution in [0.15, 0.2) is 0 Å². The monoisotopic (exact) mass is 227 g/mol. The van der Waals surface area contributed by atoms with Gasteiger partial charge in [0.15, 0.2) is 0 Å². The van der Waals surface area contributed by atoms with Crippen LogP contribution in [0.1, 0.15) is 39.5 Å². The van der Waals surface area contributed by atoms with Gasteiger partial charge in [0.25, 0.3) is 0 Å². The molecule has 0 aromatic carbocycles. The standard InChI is InChI=1S/C13H29N3/c1-3-5-9-16(4-2)13-6-10-15(11-7-13)12-8-14/h13H,3-12,14H2,1-2H3. The van der Waals surface area contributed by atoms with Crippen LogP contribution in [0, 0.1) is 0 Å². The Balaban J connectivity index is 2.27. The molecule has 0 aromatic rings. The largest absolute Gasteiger partial charge is 0.329 e. The van der Waals surface area contributed by atoms with Crippen LogP contribution in [0.5, 0.6) is 0 Å². The molecule has 0 spiro atoms. The number of piperidine rings is 1. The van der Waals surface area contributed by atoms with Gasteiger partial charge in [0.05, 0.1) is 0 Å². The molecule has 16 heavy (non-hydrogen) atoms. The molecule has 1 fully saturated rings.